The second-order valence-electron chi connectivity index (χ2n) is 12.8. The quantitative estimate of drug-likeness (QED) is 0.184. The molecule has 0 atom stereocenters. The molecule has 234 valence electrons. The molecule has 0 radical (unpaired) electrons. The zero-order valence-electron chi connectivity index (χ0n) is 27.2. The first-order valence-corrected chi connectivity index (χ1v) is 17.1. The van der Waals surface area contributed by atoms with E-state index in [4.69, 9.17) is 4.98 Å². The lowest BCUT2D eigenvalue weighted by Crippen LogP contribution is -2.05. The van der Waals surface area contributed by atoms with Crippen molar-refractivity contribution in [2.75, 3.05) is 0 Å². The van der Waals surface area contributed by atoms with E-state index in [9.17, 15) is 0 Å². The SMILES string of the molecule is c1ccc(-c2cc(-n3c4ccccc4c4cccc(-c5ccccc5)c43)nc(-n3c4ccccc4c4cccc(-c5ccccc5)c43)c2)cc1. The van der Waals surface area contributed by atoms with Crippen LogP contribution in [0.2, 0.25) is 0 Å². The second kappa shape index (κ2) is 11.5. The van der Waals surface area contributed by atoms with Crippen LogP contribution in [0.3, 0.4) is 0 Å². The minimum Gasteiger partial charge on any atom is -0.293 e. The van der Waals surface area contributed by atoms with Crippen LogP contribution in [-0.2, 0) is 0 Å². The van der Waals surface area contributed by atoms with Crippen LogP contribution < -0.4 is 0 Å². The van der Waals surface area contributed by atoms with Crippen LogP contribution in [-0.4, -0.2) is 14.1 Å². The summed E-state index contributed by atoms with van der Waals surface area (Å²) in [6, 6.07) is 67.2. The van der Waals surface area contributed by atoms with E-state index in [-0.39, 0.29) is 0 Å². The molecule has 0 amide bonds. The summed E-state index contributed by atoms with van der Waals surface area (Å²) in [5, 5.41) is 4.83. The van der Waals surface area contributed by atoms with Gasteiger partial charge in [0.25, 0.3) is 0 Å². The Morgan fingerprint density at radius 2 is 0.680 bits per heavy atom. The Morgan fingerprint density at radius 1 is 0.300 bits per heavy atom. The predicted molar refractivity (Wildman–Crippen MR) is 209 cm³/mol. The van der Waals surface area contributed by atoms with Gasteiger partial charge in [-0.15, -0.1) is 0 Å². The van der Waals surface area contributed by atoms with Crippen LogP contribution in [0.1, 0.15) is 0 Å². The fourth-order valence-electron chi connectivity index (χ4n) is 7.74. The van der Waals surface area contributed by atoms with E-state index < -0.39 is 0 Å². The maximum absolute atomic E-state index is 5.64. The van der Waals surface area contributed by atoms with Gasteiger partial charge in [0.2, 0.25) is 0 Å². The number of pyridine rings is 1. The third-order valence-corrected chi connectivity index (χ3v) is 9.92. The van der Waals surface area contributed by atoms with Crippen LogP contribution in [0.25, 0.3) is 88.6 Å². The van der Waals surface area contributed by atoms with Gasteiger partial charge in [-0.3, -0.25) is 9.13 Å². The molecule has 7 aromatic carbocycles. The smallest absolute Gasteiger partial charge is 0.140 e. The monoisotopic (exact) mass is 637 g/mol. The molecule has 3 nitrogen and oxygen atoms in total. The van der Waals surface area contributed by atoms with Crippen molar-refractivity contribution < 1.29 is 0 Å². The third kappa shape index (κ3) is 4.41. The fourth-order valence-corrected chi connectivity index (χ4v) is 7.74. The molecule has 3 heterocycles. The number of rotatable bonds is 5. The summed E-state index contributed by atoms with van der Waals surface area (Å²) in [6.45, 7) is 0. The van der Waals surface area contributed by atoms with Crippen LogP contribution in [0.4, 0.5) is 0 Å². The van der Waals surface area contributed by atoms with E-state index in [1.807, 2.05) is 0 Å². The van der Waals surface area contributed by atoms with E-state index in [0.717, 1.165) is 44.8 Å². The van der Waals surface area contributed by atoms with Gasteiger partial charge in [0.05, 0.1) is 22.1 Å². The Morgan fingerprint density at radius 3 is 1.14 bits per heavy atom. The van der Waals surface area contributed by atoms with Crippen molar-refractivity contribution in [3.63, 3.8) is 0 Å². The molecule has 3 heteroatoms. The summed E-state index contributed by atoms with van der Waals surface area (Å²) in [6.07, 6.45) is 0. The molecule has 3 aromatic heterocycles. The van der Waals surface area contributed by atoms with Gasteiger partial charge in [0.15, 0.2) is 0 Å². The van der Waals surface area contributed by atoms with E-state index in [1.54, 1.807) is 0 Å². The fraction of sp³-hybridized carbons (Fsp3) is 0. The Balaban J connectivity index is 1.35. The van der Waals surface area contributed by atoms with E-state index in [1.165, 1.54) is 43.8 Å². The van der Waals surface area contributed by atoms with Crippen LogP contribution in [0.15, 0.2) is 188 Å². The van der Waals surface area contributed by atoms with Gasteiger partial charge in [-0.25, -0.2) is 4.98 Å². The highest BCUT2D eigenvalue weighted by molar-refractivity contribution is 6.15. The molecule has 10 aromatic rings. The highest BCUT2D eigenvalue weighted by Crippen LogP contribution is 2.41. The summed E-state index contributed by atoms with van der Waals surface area (Å²) >= 11 is 0. The molecule has 0 saturated heterocycles. The number of benzene rings is 7. The maximum atomic E-state index is 5.64. The summed E-state index contributed by atoms with van der Waals surface area (Å²) in [7, 11) is 0. The van der Waals surface area contributed by atoms with Gasteiger partial charge in [0, 0.05) is 32.7 Å². The number of fused-ring (bicyclic) bond motifs is 6. The molecule has 0 unspecified atom stereocenters. The largest absolute Gasteiger partial charge is 0.293 e. The lowest BCUT2D eigenvalue weighted by Gasteiger charge is -2.17. The van der Waals surface area contributed by atoms with Crippen molar-refractivity contribution in [1.29, 1.82) is 0 Å². The molecule has 50 heavy (non-hydrogen) atoms. The molecule has 0 aliphatic heterocycles. The molecule has 0 spiro atoms. The van der Waals surface area contributed by atoms with Crippen molar-refractivity contribution in [3.05, 3.63) is 188 Å². The number of hydrogen-bond donors (Lipinski definition) is 0. The predicted octanol–water partition coefficient (Wildman–Crippen LogP) is 12.3. The zero-order chi connectivity index (χ0) is 33.0. The van der Waals surface area contributed by atoms with Gasteiger partial charge < -0.3 is 0 Å². The Labute approximate surface area is 290 Å². The summed E-state index contributed by atoms with van der Waals surface area (Å²) in [5.41, 5.74) is 11.5. The maximum Gasteiger partial charge on any atom is 0.140 e. The molecule has 0 aliphatic rings. The molecule has 0 fully saturated rings. The Kier molecular flexibility index (Phi) is 6.49. The summed E-state index contributed by atoms with van der Waals surface area (Å²) < 4.78 is 4.74. The molecule has 0 N–H and O–H groups in total. The van der Waals surface area contributed by atoms with Gasteiger partial charge in [-0.1, -0.05) is 164 Å². The van der Waals surface area contributed by atoms with Crippen molar-refractivity contribution in [1.82, 2.24) is 14.1 Å². The van der Waals surface area contributed by atoms with Gasteiger partial charge in [-0.2, -0.15) is 0 Å². The highest BCUT2D eigenvalue weighted by atomic mass is 15.1. The molecule has 0 saturated carbocycles. The Bertz CT molecular complexity index is 2670. The van der Waals surface area contributed by atoms with Gasteiger partial charge in [0.1, 0.15) is 11.6 Å². The normalized spacial score (nSPS) is 11.6. The van der Waals surface area contributed by atoms with Crippen molar-refractivity contribution in [3.8, 4) is 45.0 Å². The highest BCUT2D eigenvalue weighted by Gasteiger charge is 2.21. The minimum atomic E-state index is 0.874. The van der Waals surface area contributed by atoms with Crippen LogP contribution in [0.5, 0.6) is 0 Å². The molecule has 0 aliphatic carbocycles. The van der Waals surface area contributed by atoms with E-state index >= 15 is 0 Å². The second-order valence-corrected chi connectivity index (χ2v) is 12.8. The summed E-state index contributed by atoms with van der Waals surface area (Å²) in [4.78, 5) is 5.64. The minimum absolute atomic E-state index is 0.874. The number of para-hydroxylation sites is 4. The van der Waals surface area contributed by atoms with Crippen molar-refractivity contribution in [2.45, 2.75) is 0 Å². The Hall–Kier alpha value is -6.71. The average Bonchev–Trinajstić information content (AvgIpc) is 3.72. The van der Waals surface area contributed by atoms with Gasteiger partial charge in [-0.05, 0) is 46.5 Å². The molecular weight excluding hydrogens is 607 g/mol. The van der Waals surface area contributed by atoms with Gasteiger partial charge >= 0.3 is 0 Å². The topological polar surface area (TPSA) is 22.8 Å². The van der Waals surface area contributed by atoms with Crippen LogP contribution >= 0.6 is 0 Å². The first kappa shape index (κ1) is 28.3. The van der Waals surface area contributed by atoms with Crippen molar-refractivity contribution in [2.24, 2.45) is 0 Å². The number of nitrogens with zero attached hydrogens (tertiary/aromatic N) is 3. The number of hydrogen-bond acceptors (Lipinski definition) is 1. The summed E-state index contributed by atoms with van der Waals surface area (Å²) in [5.74, 6) is 1.75. The van der Waals surface area contributed by atoms with Crippen LogP contribution in [0, 0.1) is 0 Å². The first-order chi connectivity index (χ1) is 24.8. The lowest BCUT2D eigenvalue weighted by molar-refractivity contribution is 1.02. The molecule has 0 bridgehead atoms. The van der Waals surface area contributed by atoms with Crippen molar-refractivity contribution >= 4 is 43.6 Å². The lowest BCUT2D eigenvalue weighted by atomic mass is 10.0. The standard InChI is InChI=1S/C47H31N3/c1-4-16-32(17-5-1)35-30-44(49-42-28-12-10-22-38(42)40-26-14-24-36(46(40)49)33-18-6-2-7-19-33)48-45(31-35)50-43-29-13-11-23-39(43)41-27-15-25-37(47(41)50)34-20-8-3-9-21-34/h1-31H. The van der Waals surface area contributed by atoms with E-state index in [2.05, 4.69) is 197 Å². The molecular formula is C47H31N3. The zero-order valence-corrected chi connectivity index (χ0v) is 27.2. The first-order valence-electron chi connectivity index (χ1n) is 17.1. The average molecular weight is 638 g/mol. The number of aromatic nitrogens is 3. The molecule has 10 rings (SSSR count). The van der Waals surface area contributed by atoms with E-state index in [0.29, 0.717) is 0 Å². The third-order valence-electron chi connectivity index (χ3n) is 9.92.